The zero-order chi connectivity index (χ0) is 33.5. The molecule has 11 aromatic rings. The molecular weight excluding hydrogens is 633 g/mol. The Morgan fingerprint density at radius 2 is 0.824 bits per heavy atom. The van der Waals surface area contributed by atoms with E-state index >= 15 is 0 Å². The van der Waals surface area contributed by atoms with Gasteiger partial charge in [0, 0.05) is 20.2 Å². The van der Waals surface area contributed by atoms with Crippen LogP contribution >= 0.6 is 11.3 Å². The van der Waals surface area contributed by atoms with Gasteiger partial charge in [-0.2, -0.15) is 0 Å². The first-order chi connectivity index (χ1) is 25.3. The summed E-state index contributed by atoms with van der Waals surface area (Å²) in [6.07, 6.45) is 0. The van der Waals surface area contributed by atoms with Crippen LogP contribution in [0.15, 0.2) is 182 Å². The topological polar surface area (TPSA) is 0 Å². The van der Waals surface area contributed by atoms with Crippen LogP contribution in [-0.4, -0.2) is 0 Å². The average molecular weight is 663 g/mol. The van der Waals surface area contributed by atoms with E-state index in [1.807, 2.05) is 11.3 Å². The van der Waals surface area contributed by atoms with E-state index in [0.29, 0.717) is 0 Å². The van der Waals surface area contributed by atoms with Crippen LogP contribution in [0.3, 0.4) is 0 Å². The summed E-state index contributed by atoms with van der Waals surface area (Å²) in [4.78, 5) is 0. The maximum atomic E-state index is 2.37. The molecule has 0 bridgehead atoms. The highest BCUT2D eigenvalue weighted by Gasteiger charge is 2.20. The molecular formula is C50H30S. The van der Waals surface area contributed by atoms with Crippen LogP contribution in [0, 0.1) is 0 Å². The first-order valence-electron chi connectivity index (χ1n) is 17.6. The largest absolute Gasteiger partial charge is 0.135 e. The summed E-state index contributed by atoms with van der Waals surface area (Å²) >= 11 is 1.91. The Labute approximate surface area is 299 Å². The Kier molecular flexibility index (Phi) is 6.22. The smallest absolute Gasteiger partial charge is 0.0434 e. The third kappa shape index (κ3) is 4.32. The van der Waals surface area contributed by atoms with Crippen molar-refractivity contribution >= 4 is 85.4 Å². The molecule has 0 saturated heterocycles. The lowest BCUT2D eigenvalue weighted by Crippen LogP contribution is -1.91. The van der Waals surface area contributed by atoms with E-state index in [1.54, 1.807) is 0 Å². The van der Waals surface area contributed by atoms with Crippen molar-refractivity contribution in [3.8, 4) is 33.4 Å². The molecule has 0 atom stereocenters. The summed E-state index contributed by atoms with van der Waals surface area (Å²) in [5.74, 6) is 0. The Hall–Kier alpha value is -6.28. The second-order valence-electron chi connectivity index (χ2n) is 13.6. The molecule has 0 saturated carbocycles. The van der Waals surface area contributed by atoms with Crippen LogP contribution in [0.4, 0.5) is 0 Å². The van der Waals surface area contributed by atoms with Gasteiger partial charge in [-0.1, -0.05) is 164 Å². The fourth-order valence-corrected chi connectivity index (χ4v) is 9.80. The van der Waals surface area contributed by atoms with Crippen molar-refractivity contribution in [1.82, 2.24) is 0 Å². The van der Waals surface area contributed by atoms with Crippen molar-refractivity contribution in [2.75, 3.05) is 0 Å². The van der Waals surface area contributed by atoms with Crippen molar-refractivity contribution in [1.29, 1.82) is 0 Å². The quantitative estimate of drug-likeness (QED) is 0.130. The van der Waals surface area contributed by atoms with Crippen LogP contribution in [0.25, 0.3) is 107 Å². The molecule has 0 aliphatic rings. The lowest BCUT2D eigenvalue weighted by atomic mass is 9.84. The van der Waals surface area contributed by atoms with Gasteiger partial charge in [0.05, 0.1) is 0 Å². The van der Waals surface area contributed by atoms with Crippen LogP contribution < -0.4 is 0 Å². The molecule has 0 amide bonds. The zero-order valence-electron chi connectivity index (χ0n) is 27.7. The van der Waals surface area contributed by atoms with Gasteiger partial charge >= 0.3 is 0 Å². The highest BCUT2D eigenvalue weighted by Crippen LogP contribution is 2.49. The van der Waals surface area contributed by atoms with Gasteiger partial charge in [-0.25, -0.2) is 0 Å². The van der Waals surface area contributed by atoms with Gasteiger partial charge in [0.25, 0.3) is 0 Å². The second kappa shape index (κ2) is 11.1. The van der Waals surface area contributed by atoms with Gasteiger partial charge in [-0.15, -0.1) is 11.3 Å². The summed E-state index contributed by atoms with van der Waals surface area (Å²) in [5, 5.41) is 15.4. The molecule has 0 fully saturated rings. The molecule has 1 aromatic heterocycles. The van der Waals surface area contributed by atoms with Crippen molar-refractivity contribution in [2.45, 2.75) is 0 Å². The van der Waals surface area contributed by atoms with Crippen LogP contribution in [-0.2, 0) is 0 Å². The van der Waals surface area contributed by atoms with E-state index in [1.165, 1.54) is 107 Å². The SMILES string of the molecule is c1ccc2cc(-c3c4ccccc4c(-c4cccc5sc6c(-c7ccc8c(ccc9ccccc98)c7)cccc6c45)c4ccccc34)ccc2c1. The standard InChI is InChI=1S/C50H30S/c1-2-13-33-29-36(26-23-31(33)11-1)47-40-15-5-7-17-42(40)48(43-18-8-6-16-41(43)47)44-20-10-22-46-49(44)45-21-9-19-39(50(45)51-46)35-27-28-38-34(30-35)25-24-32-12-3-4-14-37(32)38/h1-30H. The second-order valence-corrected chi connectivity index (χ2v) is 14.6. The molecule has 0 aliphatic carbocycles. The van der Waals surface area contributed by atoms with Crippen LogP contribution in [0.1, 0.15) is 0 Å². The van der Waals surface area contributed by atoms with Gasteiger partial charge in [0.2, 0.25) is 0 Å². The summed E-state index contributed by atoms with van der Waals surface area (Å²) in [5.41, 5.74) is 7.69. The lowest BCUT2D eigenvalue weighted by Gasteiger charge is -2.18. The van der Waals surface area contributed by atoms with Gasteiger partial charge in [0.1, 0.15) is 0 Å². The van der Waals surface area contributed by atoms with Gasteiger partial charge in [-0.05, 0) is 105 Å². The Balaban J connectivity index is 1.17. The van der Waals surface area contributed by atoms with Gasteiger partial charge in [-0.3, -0.25) is 0 Å². The predicted octanol–water partition coefficient (Wildman–Crippen LogP) is 14.8. The van der Waals surface area contributed by atoms with Crippen LogP contribution in [0.5, 0.6) is 0 Å². The average Bonchev–Trinajstić information content (AvgIpc) is 3.59. The van der Waals surface area contributed by atoms with Crippen LogP contribution in [0.2, 0.25) is 0 Å². The van der Waals surface area contributed by atoms with Gasteiger partial charge in [0.15, 0.2) is 0 Å². The number of hydrogen-bond donors (Lipinski definition) is 0. The first-order valence-corrected chi connectivity index (χ1v) is 18.4. The first kappa shape index (κ1) is 28.5. The molecule has 0 aliphatic heterocycles. The molecule has 0 N–H and O–H groups in total. The number of thiophene rings is 1. The van der Waals surface area contributed by atoms with E-state index in [9.17, 15) is 0 Å². The molecule has 10 aromatic carbocycles. The van der Waals surface area contributed by atoms with Crippen molar-refractivity contribution < 1.29 is 0 Å². The molecule has 1 heteroatoms. The van der Waals surface area contributed by atoms with Gasteiger partial charge < -0.3 is 0 Å². The molecule has 0 spiro atoms. The Bertz CT molecular complexity index is 3140. The third-order valence-electron chi connectivity index (χ3n) is 10.8. The number of fused-ring (bicyclic) bond motifs is 9. The zero-order valence-corrected chi connectivity index (χ0v) is 28.5. The maximum absolute atomic E-state index is 2.37. The fourth-order valence-electron chi connectivity index (χ4n) is 8.54. The fraction of sp³-hybridized carbons (Fsp3) is 0. The third-order valence-corrected chi connectivity index (χ3v) is 12.0. The molecule has 0 radical (unpaired) electrons. The number of hydrogen-bond acceptors (Lipinski definition) is 1. The summed E-state index contributed by atoms with van der Waals surface area (Å²) < 4.78 is 2.65. The summed E-state index contributed by atoms with van der Waals surface area (Å²) in [7, 11) is 0. The minimum absolute atomic E-state index is 1.25. The highest BCUT2D eigenvalue weighted by molar-refractivity contribution is 7.26. The predicted molar refractivity (Wildman–Crippen MR) is 223 cm³/mol. The maximum Gasteiger partial charge on any atom is 0.0434 e. The van der Waals surface area contributed by atoms with E-state index in [2.05, 4.69) is 182 Å². The molecule has 0 unspecified atom stereocenters. The molecule has 0 nitrogen and oxygen atoms in total. The minimum atomic E-state index is 1.25. The van der Waals surface area contributed by atoms with Crippen molar-refractivity contribution in [2.24, 2.45) is 0 Å². The molecule has 236 valence electrons. The Morgan fingerprint density at radius 1 is 0.294 bits per heavy atom. The monoisotopic (exact) mass is 662 g/mol. The van der Waals surface area contributed by atoms with Crippen molar-refractivity contribution in [3.05, 3.63) is 182 Å². The Morgan fingerprint density at radius 3 is 1.61 bits per heavy atom. The number of benzene rings is 10. The van der Waals surface area contributed by atoms with E-state index in [0.717, 1.165) is 0 Å². The van der Waals surface area contributed by atoms with E-state index < -0.39 is 0 Å². The van der Waals surface area contributed by atoms with Crippen molar-refractivity contribution in [3.63, 3.8) is 0 Å². The summed E-state index contributed by atoms with van der Waals surface area (Å²) in [6, 6.07) is 67.5. The molecule has 1 heterocycles. The lowest BCUT2D eigenvalue weighted by molar-refractivity contribution is 1.69. The number of rotatable bonds is 3. The van der Waals surface area contributed by atoms with E-state index in [-0.39, 0.29) is 0 Å². The normalized spacial score (nSPS) is 11.9. The van der Waals surface area contributed by atoms with E-state index in [4.69, 9.17) is 0 Å². The minimum Gasteiger partial charge on any atom is -0.135 e. The summed E-state index contributed by atoms with van der Waals surface area (Å²) in [6.45, 7) is 0. The molecule has 51 heavy (non-hydrogen) atoms. The molecule has 11 rings (SSSR count). The highest BCUT2D eigenvalue weighted by atomic mass is 32.1.